The highest BCUT2D eigenvalue weighted by Crippen LogP contribution is 2.36. The first-order valence-corrected chi connectivity index (χ1v) is 14.0. The lowest BCUT2D eigenvalue weighted by atomic mass is 9.98. The molecule has 30 heavy (non-hydrogen) atoms. The Kier molecular flexibility index (Phi) is 10.1. The zero-order valence-electron chi connectivity index (χ0n) is 21.0. The lowest BCUT2D eigenvalue weighted by molar-refractivity contribution is -0.161. The van der Waals surface area contributed by atoms with Gasteiger partial charge in [0.15, 0.2) is 5.92 Å². The van der Waals surface area contributed by atoms with E-state index in [0.717, 1.165) is 24.4 Å². The second kappa shape index (κ2) is 13.4. The first-order chi connectivity index (χ1) is 15.0. The monoisotopic (exact) mass is 436 g/mol. The van der Waals surface area contributed by atoms with E-state index in [1.54, 1.807) is 13.8 Å². The van der Waals surface area contributed by atoms with Gasteiger partial charge in [0.1, 0.15) is 5.78 Å². The fourth-order valence-electron chi connectivity index (χ4n) is 3.52. The Labute approximate surface area is 185 Å². The molecule has 1 rings (SSSR count). The van der Waals surface area contributed by atoms with Crippen LogP contribution in [-0.2, 0) is 23.9 Å². The number of hydrogen-bond acceptors (Lipinski definition) is 5. The Morgan fingerprint density at radius 2 is 1.50 bits per heavy atom. The summed E-state index contributed by atoms with van der Waals surface area (Å²) < 4.78 is 28.1. The van der Waals surface area contributed by atoms with E-state index in [4.69, 9.17) is 12.2 Å². The number of Topliss-reactive ketones (excluding diaryl/α,β-unsaturated/α-hetero) is 1. The van der Waals surface area contributed by atoms with Crippen LogP contribution < -0.4 is 5.19 Å². The van der Waals surface area contributed by atoms with Gasteiger partial charge in [-0.25, -0.2) is 0 Å². The van der Waals surface area contributed by atoms with E-state index in [-0.39, 0.29) is 19.6 Å². The average Bonchev–Trinajstić information content (AvgIpc) is 2.75. The maximum atomic E-state index is 13.2. The van der Waals surface area contributed by atoms with Crippen LogP contribution in [0.3, 0.4) is 0 Å². The quantitative estimate of drug-likeness (QED) is 0.184. The minimum Gasteiger partial charge on any atom is -0.465 e. The van der Waals surface area contributed by atoms with Crippen LogP contribution in [0.5, 0.6) is 0 Å². The summed E-state index contributed by atoms with van der Waals surface area (Å²) in [6.07, 6.45) is 1.07. The van der Waals surface area contributed by atoms with E-state index in [1.165, 1.54) is 0 Å². The predicted octanol–water partition coefficient (Wildman–Crippen LogP) is 4.64. The highest BCUT2D eigenvalue weighted by molar-refractivity contribution is 6.91. The maximum absolute atomic E-state index is 13.2. The Morgan fingerprint density at radius 1 is 0.933 bits per heavy atom. The van der Waals surface area contributed by atoms with Gasteiger partial charge in [0, 0.05) is 15.5 Å². The Hall–Kier alpha value is -1.95. The number of carbonyl (C=O) groups is 3. The number of hydrogen-bond donors (Lipinski definition) is 0. The fourth-order valence-corrected chi connectivity index (χ4v) is 6.56. The van der Waals surface area contributed by atoms with Gasteiger partial charge in [0.2, 0.25) is 0 Å². The van der Waals surface area contributed by atoms with Crippen LogP contribution >= 0.6 is 0 Å². The lowest BCUT2D eigenvalue weighted by Crippen LogP contribution is -2.52. The van der Waals surface area contributed by atoms with Gasteiger partial charge < -0.3 is 9.47 Å². The summed E-state index contributed by atoms with van der Waals surface area (Å²) in [5.41, 5.74) is -1.17. The smallest absolute Gasteiger partial charge is 0.320 e. The van der Waals surface area contributed by atoms with Crippen molar-refractivity contribution in [2.24, 2.45) is 5.92 Å². The molecule has 0 heterocycles. The summed E-state index contributed by atoms with van der Waals surface area (Å²) >= 11 is 0. The van der Waals surface area contributed by atoms with Gasteiger partial charge in [-0.15, -0.1) is 0 Å². The number of unbranched alkanes of at least 4 members (excludes halogenated alkanes) is 3. The molecule has 1 aromatic carbocycles. The molecular weight excluding hydrogens is 396 g/mol. The Balaban J connectivity index is 3.55. The van der Waals surface area contributed by atoms with Crippen LogP contribution in [0.15, 0.2) is 30.3 Å². The molecule has 6 heteroatoms. The molecule has 0 bridgehead atoms. The molecule has 1 aromatic rings. The molecule has 0 spiro atoms. The Bertz CT molecular complexity index is 734. The summed E-state index contributed by atoms with van der Waals surface area (Å²) in [5, 5.41) is 0.853. The molecule has 0 amide bonds. The molecule has 0 N–H and O–H groups in total. The molecule has 0 aliphatic heterocycles. The second-order valence-corrected chi connectivity index (χ2v) is 12.6. The molecule has 0 saturated heterocycles. The van der Waals surface area contributed by atoms with Crippen molar-refractivity contribution < 1.29 is 26.6 Å². The maximum Gasteiger partial charge on any atom is 0.320 e. The fraction of sp³-hybridized carbons (Fsp3) is 0.625. The zero-order chi connectivity index (χ0) is 24.4. The normalized spacial score (nSPS) is 13.9. The largest absolute Gasteiger partial charge is 0.465 e. The van der Waals surface area contributed by atoms with E-state index in [1.807, 2.05) is 43.4 Å². The van der Waals surface area contributed by atoms with Gasteiger partial charge in [-0.05, 0) is 25.8 Å². The zero-order valence-corrected chi connectivity index (χ0v) is 20.0. The predicted molar refractivity (Wildman–Crippen MR) is 122 cm³/mol. The van der Waals surface area contributed by atoms with Gasteiger partial charge >= 0.3 is 11.9 Å². The third-order valence-corrected chi connectivity index (χ3v) is 9.14. The number of ketones is 1. The van der Waals surface area contributed by atoms with Crippen LogP contribution in [0.1, 0.15) is 62.0 Å². The topological polar surface area (TPSA) is 69.7 Å². The second-order valence-electron chi connectivity index (χ2n) is 7.93. The number of rotatable bonds is 14. The van der Waals surface area contributed by atoms with Crippen molar-refractivity contribution in [1.82, 2.24) is 0 Å². The molecule has 168 valence electrons. The minimum atomic E-state index is -2.91. The van der Waals surface area contributed by atoms with Crippen molar-refractivity contribution in [3.05, 3.63) is 30.3 Å². The van der Waals surface area contributed by atoms with Crippen molar-refractivity contribution in [3.8, 4) is 0 Å². The first-order valence-electron chi connectivity index (χ1n) is 12.0. The summed E-state index contributed by atoms with van der Waals surface area (Å²) in [4.78, 5) is 39.1. The highest BCUT2D eigenvalue weighted by Gasteiger charge is 2.47. The summed E-state index contributed by atoms with van der Waals surface area (Å²) in [6, 6.07) is 9.27. The van der Waals surface area contributed by atoms with E-state index >= 15 is 0 Å². The van der Waals surface area contributed by atoms with Gasteiger partial charge in [0.05, 0.1) is 21.3 Å². The van der Waals surface area contributed by atoms with E-state index in [2.05, 4.69) is 6.92 Å². The van der Waals surface area contributed by atoms with E-state index in [9.17, 15) is 14.4 Å². The van der Waals surface area contributed by atoms with E-state index < -0.39 is 43.6 Å². The van der Waals surface area contributed by atoms with Crippen molar-refractivity contribution in [3.63, 3.8) is 0 Å². The highest BCUT2D eigenvalue weighted by atomic mass is 28.3. The van der Waals surface area contributed by atoms with Gasteiger partial charge in [-0.2, -0.15) is 0 Å². The number of benzene rings is 1. The van der Waals surface area contributed by atoms with Gasteiger partial charge in [-0.3, -0.25) is 14.4 Å². The third-order valence-electron chi connectivity index (χ3n) is 5.28. The summed E-state index contributed by atoms with van der Waals surface area (Å²) in [5.74, 6) is -3.76. The summed E-state index contributed by atoms with van der Waals surface area (Å²) in [7, 11) is -2.91. The summed E-state index contributed by atoms with van der Waals surface area (Å²) in [6.45, 7) is 9.19. The SMILES string of the molecule is [2H]C([2H])(C(=O)CCCCCC)[C@@H](C(C(=O)OCC)C(=O)OCC)[Si](C)(C)c1ccccc1. The number of esters is 2. The standard InChI is InChI=1S/C24H38O5Si/c1-6-9-10-12-15-19(25)18-21(30(4,5)20-16-13-11-14-17-20)22(23(26)28-7-2)24(27)29-8-3/h11,13-14,16-17,21-22H,6-10,12,15,18H2,1-5H3/t21-/m0/s1/i18D2. The average molecular weight is 437 g/mol. The molecule has 0 unspecified atom stereocenters. The van der Waals surface area contributed by atoms with Gasteiger partial charge in [0.25, 0.3) is 0 Å². The molecule has 0 aliphatic carbocycles. The number of ether oxygens (including phenoxy) is 2. The van der Waals surface area contributed by atoms with Crippen LogP contribution in [0, 0.1) is 5.92 Å². The van der Waals surface area contributed by atoms with Gasteiger partial charge in [-0.1, -0.05) is 74.8 Å². The van der Waals surface area contributed by atoms with Crippen molar-refractivity contribution in [1.29, 1.82) is 0 Å². The Morgan fingerprint density at radius 3 is 2.00 bits per heavy atom. The molecule has 0 aliphatic rings. The lowest BCUT2D eigenvalue weighted by Gasteiger charge is -2.36. The minimum absolute atomic E-state index is 0.0444. The molecule has 0 fully saturated rings. The van der Waals surface area contributed by atoms with Crippen LogP contribution in [0.4, 0.5) is 0 Å². The van der Waals surface area contributed by atoms with Crippen LogP contribution in [-0.4, -0.2) is 39.0 Å². The number of carbonyl (C=O) groups excluding carboxylic acids is 3. The van der Waals surface area contributed by atoms with E-state index in [0.29, 0.717) is 6.42 Å². The van der Waals surface area contributed by atoms with Crippen LogP contribution in [0.2, 0.25) is 18.6 Å². The first kappa shape index (κ1) is 22.7. The third kappa shape index (κ3) is 7.71. The molecule has 0 aromatic heterocycles. The van der Waals surface area contributed by atoms with Crippen LogP contribution in [0.25, 0.3) is 0 Å². The van der Waals surface area contributed by atoms with Crippen molar-refractivity contribution in [2.45, 2.75) is 77.9 Å². The molecular formula is C24H38O5Si. The molecule has 0 saturated carbocycles. The molecule has 0 radical (unpaired) electrons. The van der Waals surface area contributed by atoms with Crippen molar-refractivity contribution >= 4 is 31.0 Å². The van der Waals surface area contributed by atoms with Crippen molar-refractivity contribution in [2.75, 3.05) is 13.2 Å². The molecule has 1 atom stereocenters. The molecule has 5 nitrogen and oxygen atoms in total.